The Hall–Kier alpha value is -3.70. The van der Waals surface area contributed by atoms with E-state index in [0.717, 1.165) is 0 Å². The van der Waals surface area contributed by atoms with Crippen LogP contribution in [0.5, 0.6) is 0 Å². The predicted octanol–water partition coefficient (Wildman–Crippen LogP) is 0.722. The number of carbonyl (C=O) groups excluding carboxylic acids is 2. The molecule has 0 aromatic heterocycles. The van der Waals surface area contributed by atoms with Crippen LogP contribution in [-0.2, 0) is 33.3 Å². The third-order valence-corrected chi connectivity index (χ3v) is 11.4. The average molecular weight is 936 g/mol. The van der Waals surface area contributed by atoms with Gasteiger partial charge in [0.05, 0.1) is 80.1 Å². The Morgan fingerprint density at radius 2 is 1.35 bits per heavy atom. The summed E-state index contributed by atoms with van der Waals surface area (Å²) in [6, 6.07) is -1.11. The van der Waals surface area contributed by atoms with Crippen LogP contribution < -0.4 is 5.73 Å². The molecule has 2 saturated heterocycles. The van der Waals surface area contributed by atoms with E-state index in [-0.39, 0.29) is 51.2 Å². The Morgan fingerprint density at radius 1 is 0.742 bits per heavy atom. The first-order valence-corrected chi connectivity index (χ1v) is 22.5. The molecule has 3 aliphatic rings. The maximum absolute atomic E-state index is 13.3. The summed E-state index contributed by atoms with van der Waals surface area (Å²) < 4.78 is 28.4. The lowest BCUT2D eigenvalue weighted by Gasteiger charge is -2.45. The molecular formula is C48H73NO17. The molecule has 0 amide bonds. The van der Waals surface area contributed by atoms with Gasteiger partial charge < -0.3 is 80.5 Å². The van der Waals surface area contributed by atoms with Gasteiger partial charge >= 0.3 is 11.9 Å². The second kappa shape index (κ2) is 29.2. The van der Waals surface area contributed by atoms with Gasteiger partial charge in [0.2, 0.25) is 0 Å². The molecule has 8 unspecified atom stereocenters. The van der Waals surface area contributed by atoms with E-state index in [1.54, 1.807) is 67.7 Å². The number of aliphatic hydroxyl groups is 10. The van der Waals surface area contributed by atoms with Crippen molar-refractivity contribution in [3.8, 4) is 0 Å². The van der Waals surface area contributed by atoms with Crippen LogP contribution in [0.1, 0.15) is 71.6 Å². The molecule has 0 spiro atoms. The summed E-state index contributed by atoms with van der Waals surface area (Å²) in [7, 11) is 0. The molecule has 0 aromatic carbocycles. The maximum atomic E-state index is 13.3. The predicted molar refractivity (Wildman–Crippen MR) is 241 cm³/mol. The Morgan fingerprint density at radius 3 is 1.97 bits per heavy atom. The lowest BCUT2D eigenvalue weighted by Crippen LogP contribution is -2.59. The number of nitrogens with two attached hydrogens (primary N) is 1. The van der Waals surface area contributed by atoms with E-state index in [2.05, 4.69) is 6.58 Å². The van der Waals surface area contributed by atoms with E-state index in [0.29, 0.717) is 0 Å². The highest BCUT2D eigenvalue weighted by Gasteiger charge is 2.51. The summed E-state index contributed by atoms with van der Waals surface area (Å²) in [5.41, 5.74) is 5.98. The molecule has 0 radical (unpaired) electrons. The third-order valence-electron chi connectivity index (χ3n) is 11.4. The number of carbonyl (C=O) groups is 2. The van der Waals surface area contributed by atoms with Gasteiger partial charge in [-0.1, -0.05) is 105 Å². The quantitative estimate of drug-likeness (QED) is 0.134. The van der Waals surface area contributed by atoms with Gasteiger partial charge in [-0.3, -0.25) is 9.59 Å². The van der Waals surface area contributed by atoms with Gasteiger partial charge in [-0.2, -0.15) is 0 Å². The maximum Gasteiger partial charge on any atom is 0.314 e. The molecule has 372 valence electrons. The van der Waals surface area contributed by atoms with Gasteiger partial charge in [0.15, 0.2) is 12.1 Å². The van der Waals surface area contributed by atoms with Crippen molar-refractivity contribution in [2.24, 2.45) is 17.6 Å². The van der Waals surface area contributed by atoms with E-state index in [9.17, 15) is 60.7 Å². The number of rotatable bonds is 5. The topological polar surface area (TPSA) is 309 Å². The number of hydrogen-bond acceptors (Lipinski definition) is 18. The second-order valence-corrected chi connectivity index (χ2v) is 17.3. The fourth-order valence-electron chi connectivity index (χ4n) is 7.71. The first kappa shape index (κ1) is 56.6. The minimum atomic E-state index is -2.29. The lowest BCUT2D eigenvalue weighted by atomic mass is 9.82. The zero-order valence-corrected chi connectivity index (χ0v) is 37.8. The fraction of sp³-hybridized carbons (Fsp3) is 0.625. The first-order chi connectivity index (χ1) is 31.3. The molecule has 18 heteroatoms. The van der Waals surface area contributed by atoms with Crippen LogP contribution in [0, 0.1) is 11.8 Å². The van der Waals surface area contributed by atoms with Crippen LogP contribution in [-0.4, -0.2) is 168 Å². The minimum Gasteiger partial charge on any atom is -0.462 e. The number of aliphatic hydroxyl groups excluding tert-OH is 9. The number of hydrogen-bond donors (Lipinski definition) is 11. The summed E-state index contributed by atoms with van der Waals surface area (Å²) >= 11 is 0. The smallest absolute Gasteiger partial charge is 0.314 e. The number of allylic oxidation sites excluding steroid dienone is 12. The molecule has 2 fully saturated rings. The van der Waals surface area contributed by atoms with E-state index in [1.807, 2.05) is 31.2 Å². The van der Waals surface area contributed by atoms with E-state index >= 15 is 0 Å². The molecule has 0 aromatic rings. The van der Waals surface area contributed by atoms with E-state index in [4.69, 9.17) is 29.4 Å². The van der Waals surface area contributed by atoms with Gasteiger partial charge in [-0.15, -0.1) is 0 Å². The highest BCUT2D eigenvalue weighted by atomic mass is 16.7. The highest BCUT2D eigenvalue weighted by Crippen LogP contribution is 2.38. The minimum absolute atomic E-state index is 0.0964. The standard InChI is InChI=1S/C48H73NO17/c1-4-21-62-46(60)43-39(56)28-48(61)27-34(52)24-38(55)36(53)20-19-32(50)23-33(51)25-42(58)64-31(3)22-37(54)30(2)17-15-13-11-9-7-5-6-8-10-12-14-16-18-35(26-41(43)66-48)65-47-45(59)44(49)40(57)29-63-47/h4-18,30-41,43-45,47,50-57,59,61H,1,19-29,49H2,2-3H3/b6-5+,9-7+,10-8+,13-11+,14-12+,17-15+,18-16+/t30-,31-,32?,33?,34?,35?,36?,37-,38?,39-,40+,41-,43?,44-,45+,47-,48?/m0/s1. The molecule has 0 aliphatic carbocycles. The van der Waals surface area contributed by atoms with Gasteiger partial charge in [0.25, 0.3) is 0 Å². The van der Waals surface area contributed by atoms with Crippen molar-refractivity contribution < 1.29 is 84.3 Å². The van der Waals surface area contributed by atoms with E-state index in [1.165, 1.54) is 6.08 Å². The number of cyclic esters (lactones) is 1. The Kier molecular flexibility index (Phi) is 25.1. The van der Waals surface area contributed by atoms with Gasteiger partial charge in [-0.25, -0.2) is 0 Å². The Labute approximate surface area is 387 Å². The summed E-state index contributed by atoms with van der Waals surface area (Å²) in [4.78, 5) is 25.8. The van der Waals surface area contributed by atoms with Crippen molar-refractivity contribution in [2.75, 3.05) is 13.2 Å². The van der Waals surface area contributed by atoms with Crippen molar-refractivity contribution in [1.29, 1.82) is 0 Å². The Bertz CT molecular complexity index is 1680. The molecule has 12 N–H and O–H groups in total. The van der Waals surface area contributed by atoms with Crippen LogP contribution in [0.15, 0.2) is 97.7 Å². The molecule has 3 heterocycles. The summed E-state index contributed by atoms with van der Waals surface area (Å²) in [5.74, 6) is -5.53. The van der Waals surface area contributed by atoms with Crippen LogP contribution >= 0.6 is 0 Å². The average Bonchev–Trinajstić information content (AvgIpc) is 3.23. The molecule has 17 atom stereocenters. The third kappa shape index (κ3) is 20.3. The molecule has 2 bridgehead atoms. The van der Waals surface area contributed by atoms with E-state index < -0.39 is 135 Å². The van der Waals surface area contributed by atoms with Crippen molar-refractivity contribution in [1.82, 2.24) is 0 Å². The number of ether oxygens (including phenoxy) is 5. The molecule has 3 aliphatic heterocycles. The molecular weight excluding hydrogens is 863 g/mol. The SMILES string of the molecule is C=CCOC(=O)C1[C@@H]2CC(O[C@@H]3OC[C@@H](O)[C@H](N)[C@H]3O)/C=C/C=C/C=C/C=C/C=C/C=C/C=C/[C@H](C)[C@@H](O)C[C@H](C)OC(=O)CC(O)CC(O)CCC(O)C(O)CC(O)CC(O)(C[C@@H]1O)O2. The molecule has 66 heavy (non-hydrogen) atoms. The van der Waals surface area contributed by atoms with Crippen molar-refractivity contribution >= 4 is 11.9 Å². The molecule has 0 saturated carbocycles. The Balaban J connectivity index is 1.88. The van der Waals surface area contributed by atoms with Crippen molar-refractivity contribution in [2.45, 2.75) is 163 Å². The van der Waals surface area contributed by atoms with Crippen LogP contribution in [0.25, 0.3) is 0 Å². The zero-order chi connectivity index (χ0) is 48.8. The molecule has 18 nitrogen and oxygen atoms in total. The second-order valence-electron chi connectivity index (χ2n) is 17.3. The molecule has 3 rings (SSSR count). The van der Waals surface area contributed by atoms with Gasteiger partial charge in [0.1, 0.15) is 24.7 Å². The van der Waals surface area contributed by atoms with Crippen molar-refractivity contribution in [3.63, 3.8) is 0 Å². The monoisotopic (exact) mass is 935 g/mol. The summed E-state index contributed by atoms with van der Waals surface area (Å²) in [5, 5.41) is 108. The number of fused-ring (bicyclic) bond motifs is 2. The van der Waals surface area contributed by atoms with Crippen molar-refractivity contribution in [3.05, 3.63) is 97.7 Å². The lowest BCUT2D eigenvalue weighted by molar-refractivity contribution is -0.306. The summed E-state index contributed by atoms with van der Waals surface area (Å²) in [6.07, 6.45) is 6.72. The highest BCUT2D eigenvalue weighted by molar-refractivity contribution is 5.74. The largest absolute Gasteiger partial charge is 0.462 e. The zero-order valence-electron chi connectivity index (χ0n) is 37.8. The van der Waals surface area contributed by atoms with Crippen LogP contribution in [0.4, 0.5) is 0 Å². The van der Waals surface area contributed by atoms with Gasteiger partial charge in [-0.05, 0) is 26.2 Å². The normalized spacial score (nSPS) is 42.6. The van der Waals surface area contributed by atoms with Crippen LogP contribution in [0.3, 0.4) is 0 Å². The van der Waals surface area contributed by atoms with Crippen LogP contribution in [0.2, 0.25) is 0 Å². The summed E-state index contributed by atoms with van der Waals surface area (Å²) in [6.45, 7) is 6.54. The first-order valence-electron chi connectivity index (χ1n) is 22.5. The fourth-order valence-corrected chi connectivity index (χ4v) is 7.71. The van der Waals surface area contributed by atoms with Gasteiger partial charge in [0, 0.05) is 38.0 Å². The number of esters is 2.